The van der Waals surface area contributed by atoms with Crippen LogP contribution in [-0.4, -0.2) is 11.7 Å². The summed E-state index contributed by atoms with van der Waals surface area (Å²) in [6.07, 6.45) is 16.9. The lowest BCUT2D eigenvalue weighted by Crippen LogP contribution is -2.08. The maximum atomic E-state index is 11.5. The van der Waals surface area contributed by atoms with Gasteiger partial charge in [-0.25, -0.2) is 0 Å². The molecule has 1 heterocycles. The van der Waals surface area contributed by atoms with Crippen molar-refractivity contribution in [2.45, 2.75) is 90.6 Å². The summed E-state index contributed by atoms with van der Waals surface area (Å²) in [6, 6.07) is 1.30. The van der Waals surface area contributed by atoms with Gasteiger partial charge in [-0.1, -0.05) is 77.6 Å². The van der Waals surface area contributed by atoms with Crippen LogP contribution < -0.4 is 10.2 Å². The lowest BCUT2D eigenvalue weighted by Gasteiger charge is -2.05. The Bertz CT molecular complexity index is 467. The second-order valence-corrected chi connectivity index (χ2v) is 6.48. The molecule has 0 amide bonds. The van der Waals surface area contributed by atoms with Crippen LogP contribution in [0, 0.1) is 0 Å². The Balaban J connectivity index is 1.90. The fraction of sp³-hybridized carbons (Fsp3) is 0.750. The third kappa shape index (κ3) is 9.76. The fourth-order valence-electron chi connectivity index (χ4n) is 2.73. The summed E-state index contributed by atoms with van der Waals surface area (Å²) >= 11 is 0. The Morgan fingerprint density at radius 2 is 1.46 bits per heavy atom. The quantitative estimate of drug-likeness (QED) is 0.446. The molecule has 24 heavy (non-hydrogen) atoms. The third-order valence-electron chi connectivity index (χ3n) is 4.30. The highest BCUT2D eigenvalue weighted by Crippen LogP contribution is 2.13. The van der Waals surface area contributed by atoms with Gasteiger partial charge in [0.15, 0.2) is 5.43 Å². The maximum absolute atomic E-state index is 11.5. The summed E-state index contributed by atoms with van der Waals surface area (Å²) in [6.45, 7) is 2.52. The van der Waals surface area contributed by atoms with Crippen molar-refractivity contribution in [2.75, 3.05) is 6.61 Å². The molecule has 1 rings (SSSR count). The van der Waals surface area contributed by atoms with Crippen molar-refractivity contribution in [3.63, 3.8) is 0 Å². The highest BCUT2D eigenvalue weighted by molar-refractivity contribution is 5.13. The highest BCUT2D eigenvalue weighted by atomic mass is 16.6. The largest absolute Gasteiger partial charge is 0.465 e. The van der Waals surface area contributed by atoms with Crippen LogP contribution in [0.25, 0.3) is 0 Å². The first-order valence-electron chi connectivity index (χ1n) is 9.63. The number of aliphatic hydroxyl groups excluding tert-OH is 1. The average molecular weight is 338 g/mol. The molecule has 0 aliphatic heterocycles. The topological polar surface area (TPSA) is 59.7 Å². The van der Waals surface area contributed by atoms with Gasteiger partial charge in [-0.2, -0.15) is 0 Å². The van der Waals surface area contributed by atoms with Gasteiger partial charge in [-0.15, -0.1) is 0 Å². The van der Waals surface area contributed by atoms with E-state index in [1.54, 1.807) is 0 Å². The van der Waals surface area contributed by atoms with E-state index in [2.05, 4.69) is 6.92 Å². The number of ether oxygens (including phenoxy) is 1. The molecule has 1 aromatic rings. The molecule has 0 bridgehead atoms. The lowest BCUT2D eigenvalue weighted by molar-refractivity contribution is 0.224. The molecular formula is C20H34O4. The second-order valence-electron chi connectivity index (χ2n) is 6.48. The summed E-state index contributed by atoms with van der Waals surface area (Å²) in [4.78, 5) is 11.5. The number of unbranched alkanes of at least 4 members (excludes halogenated alkanes) is 11. The Kier molecular flexibility index (Phi) is 12.2. The summed E-state index contributed by atoms with van der Waals surface area (Å²) < 4.78 is 10.6. The molecule has 0 fully saturated rings. The highest BCUT2D eigenvalue weighted by Gasteiger charge is 2.03. The molecule has 4 nitrogen and oxygen atoms in total. The van der Waals surface area contributed by atoms with Crippen molar-refractivity contribution in [1.82, 2.24) is 0 Å². The maximum Gasteiger partial charge on any atom is 0.288 e. The summed E-state index contributed by atoms with van der Waals surface area (Å²) in [7, 11) is 0. The van der Waals surface area contributed by atoms with E-state index in [9.17, 15) is 4.79 Å². The Hall–Kier alpha value is -1.29. The van der Waals surface area contributed by atoms with Gasteiger partial charge in [0.1, 0.15) is 6.26 Å². The van der Waals surface area contributed by atoms with Crippen molar-refractivity contribution in [3.05, 3.63) is 28.1 Å². The van der Waals surface area contributed by atoms with E-state index in [1.807, 2.05) is 0 Å². The first-order valence-corrected chi connectivity index (χ1v) is 9.63. The Labute approximate surface area is 146 Å². The van der Waals surface area contributed by atoms with Crippen LogP contribution in [0.15, 0.2) is 21.5 Å². The van der Waals surface area contributed by atoms with Crippen molar-refractivity contribution in [2.24, 2.45) is 0 Å². The molecule has 1 aromatic heterocycles. The minimum absolute atomic E-state index is 0.236. The summed E-state index contributed by atoms with van der Waals surface area (Å²) in [5, 5.41) is 8.91. The van der Waals surface area contributed by atoms with Crippen molar-refractivity contribution in [1.29, 1.82) is 0 Å². The van der Waals surface area contributed by atoms with E-state index in [0.29, 0.717) is 6.61 Å². The monoisotopic (exact) mass is 338 g/mol. The van der Waals surface area contributed by atoms with Crippen LogP contribution >= 0.6 is 0 Å². The van der Waals surface area contributed by atoms with Crippen LogP contribution in [-0.2, 0) is 6.61 Å². The van der Waals surface area contributed by atoms with Gasteiger partial charge in [-0.05, 0) is 6.42 Å². The van der Waals surface area contributed by atoms with Crippen LogP contribution in [0.1, 0.15) is 89.5 Å². The molecule has 0 unspecified atom stereocenters. The Morgan fingerprint density at radius 3 is 1.96 bits per heavy atom. The van der Waals surface area contributed by atoms with Crippen molar-refractivity contribution < 1.29 is 14.3 Å². The summed E-state index contributed by atoms with van der Waals surface area (Å²) in [5.74, 6) is 0.236. The van der Waals surface area contributed by atoms with Gasteiger partial charge >= 0.3 is 0 Å². The molecule has 0 aliphatic rings. The van der Waals surface area contributed by atoms with Crippen LogP contribution in [0.4, 0.5) is 0 Å². The van der Waals surface area contributed by atoms with Gasteiger partial charge < -0.3 is 14.3 Å². The molecule has 0 atom stereocenters. The molecule has 1 N–H and O–H groups in total. The zero-order chi connectivity index (χ0) is 17.5. The molecule has 138 valence electrons. The smallest absolute Gasteiger partial charge is 0.288 e. The first-order chi connectivity index (χ1) is 11.8. The summed E-state index contributed by atoms with van der Waals surface area (Å²) in [5.41, 5.74) is 0.0150. The standard InChI is InChI=1S/C20H34O4/c1-2-3-4-5-6-7-8-9-10-11-12-13-14-23-20-15-19(22)18(16-21)17-24-20/h15,17,21H,2-14,16H2,1H3. The van der Waals surface area contributed by atoms with E-state index in [-0.39, 0.29) is 23.5 Å². The van der Waals surface area contributed by atoms with Crippen molar-refractivity contribution >= 4 is 0 Å². The third-order valence-corrected chi connectivity index (χ3v) is 4.30. The minimum Gasteiger partial charge on any atom is -0.465 e. The molecule has 0 spiro atoms. The molecular weight excluding hydrogens is 304 g/mol. The number of hydrogen-bond acceptors (Lipinski definition) is 4. The number of rotatable bonds is 15. The van der Waals surface area contributed by atoms with E-state index in [4.69, 9.17) is 14.3 Å². The SMILES string of the molecule is CCCCCCCCCCCCCCOc1cc(=O)c(CO)co1. The normalized spacial score (nSPS) is 10.9. The van der Waals surface area contributed by atoms with Gasteiger partial charge in [0, 0.05) is 0 Å². The molecule has 0 aliphatic carbocycles. The van der Waals surface area contributed by atoms with Gasteiger partial charge in [0.05, 0.1) is 24.8 Å². The molecule has 0 saturated carbocycles. The van der Waals surface area contributed by atoms with Crippen LogP contribution in [0.5, 0.6) is 5.95 Å². The zero-order valence-electron chi connectivity index (χ0n) is 15.2. The zero-order valence-corrected chi connectivity index (χ0v) is 15.2. The van der Waals surface area contributed by atoms with E-state index in [0.717, 1.165) is 12.8 Å². The second kappa shape index (κ2) is 14.1. The average Bonchev–Trinajstić information content (AvgIpc) is 2.59. The van der Waals surface area contributed by atoms with Crippen molar-refractivity contribution in [3.8, 4) is 5.95 Å². The lowest BCUT2D eigenvalue weighted by atomic mass is 10.1. The first kappa shape index (κ1) is 20.8. The van der Waals surface area contributed by atoms with Gasteiger partial charge in [-0.3, -0.25) is 4.79 Å². The Morgan fingerprint density at radius 1 is 0.917 bits per heavy atom. The number of aliphatic hydroxyl groups is 1. The molecule has 0 aromatic carbocycles. The number of hydrogen-bond donors (Lipinski definition) is 1. The molecule has 0 radical (unpaired) electrons. The van der Waals surface area contributed by atoms with Crippen LogP contribution in [0.2, 0.25) is 0 Å². The van der Waals surface area contributed by atoms with Gasteiger partial charge in [0.2, 0.25) is 0 Å². The van der Waals surface area contributed by atoms with Crippen LogP contribution in [0.3, 0.4) is 0 Å². The predicted octanol–water partition coefficient (Wildman–Crippen LogP) is 5.21. The van der Waals surface area contributed by atoms with Gasteiger partial charge in [0.25, 0.3) is 5.95 Å². The molecule has 0 saturated heterocycles. The fourth-order valence-corrected chi connectivity index (χ4v) is 2.73. The molecule has 4 heteroatoms. The predicted molar refractivity (Wildman–Crippen MR) is 97.5 cm³/mol. The van der Waals surface area contributed by atoms with E-state index in [1.165, 1.54) is 76.5 Å². The van der Waals surface area contributed by atoms with E-state index < -0.39 is 0 Å². The van der Waals surface area contributed by atoms with E-state index >= 15 is 0 Å². The minimum atomic E-state index is -0.304.